The lowest BCUT2D eigenvalue weighted by molar-refractivity contribution is -0.115. The zero-order chi connectivity index (χ0) is 22.0. The molecule has 0 radical (unpaired) electrons. The summed E-state index contributed by atoms with van der Waals surface area (Å²) in [5, 5.41) is 15.4. The summed E-state index contributed by atoms with van der Waals surface area (Å²) < 4.78 is 2.57. The minimum atomic E-state index is -0.465. The molecular formula is C22H19BrN6O2. The molecule has 0 aliphatic carbocycles. The quantitative estimate of drug-likeness (QED) is 0.456. The molecule has 4 aromatic rings. The van der Waals surface area contributed by atoms with Gasteiger partial charge >= 0.3 is 0 Å². The lowest BCUT2D eigenvalue weighted by atomic mass is 10.1. The number of carbonyl (C=O) groups excluding carboxylic acids is 2. The van der Waals surface area contributed by atoms with E-state index in [2.05, 4.69) is 41.9 Å². The van der Waals surface area contributed by atoms with Crippen molar-refractivity contribution >= 4 is 44.2 Å². The number of amides is 2. The molecule has 4 rings (SSSR count). The molecule has 2 heterocycles. The van der Waals surface area contributed by atoms with Gasteiger partial charge in [0.1, 0.15) is 0 Å². The number of benzene rings is 2. The van der Waals surface area contributed by atoms with E-state index in [1.807, 2.05) is 43.3 Å². The highest BCUT2D eigenvalue weighted by Crippen LogP contribution is 2.22. The summed E-state index contributed by atoms with van der Waals surface area (Å²) in [5.41, 5.74) is 3.20. The van der Waals surface area contributed by atoms with E-state index in [0.29, 0.717) is 11.4 Å². The minimum absolute atomic E-state index is 0.165. The second-order valence-corrected chi connectivity index (χ2v) is 7.86. The van der Waals surface area contributed by atoms with E-state index in [9.17, 15) is 9.59 Å². The number of hydrogen-bond donors (Lipinski definition) is 2. The van der Waals surface area contributed by atoms with Gasteiger partial charge in [-0.25, -0.2) is 4.68 Å². The first-order valence-corrected chi connectivity index (χ1v) is 10.3. The van der Waals surface area contributed by atoms with E-state index in [1.54, 1.807) is 30.1 Å². The number of anilines is 1. The van der Waals surface area contributed by atoms with Crippen molar-refractivity contribution in [2.75, 3.05) is 11.9 Å². The second-order valence-electron chi connectivity index (χ2n) is 7.00. The van der Waals surface area contributed by atoms with Crippen LogP contribution in [-0.4, -0.2) is 38.3 Å². The van der Waals surface area contributed by atoms with Crippen LogP contribution in [0.15, 0.2) is 59.3 Å². The highest BCUT2D eigenvalue weighted by molar-refractivity contribution is 9.10. The van der Waals surface area contributed by atoms with Crippen LogP contribution in [0.2, 0.25) is 0 Å². The van der Waals surface area contributed by atoms with Gasteiger partial charge in [-0.2, -0.15) is 0 Å². The molecule has 0 fully saturated rings. The minimum Gasteiger partial charge on any atom is -0.342 e. The van der Waals surface area contributed by atoms with Gasteiger partial charge in [0.15, 0.2) is 5.69 Å². The van der Waals surface area contributed by atoms with Crippen molar-refractivity contribution in [1.82, 2.24) is 25.3 Å². The van der Waals surface area contributed by atoms with Crippen LogP contribution in [0.3, 0.4) is 0 Å². The third-order valence-corrected chi connectivity index (χ3v) is 5.74. The number of fused-ring (bicyclic) bond motifs is 1. The Balaban J connectivity index is 1.47. The molecule has 0 spiro atoms. The average molecular weight is 479 g/mol. The molecule has 2 amide bonds. The summed E-state index contributed by atoms with van der Waals surface area (Å²) in [6.45, 7) is 3.51. The molecule has 31 heavy (non-hydrogen) atoms. The number of hydrogen-bond acceptors (Lipinski definition) is 5. The van der Waals surface area contributed by atoms with Gasteiger partial charge in [-0.1, -0.05) is 33.3 Å². The average Bonchev–Trinajstić information content (AvgIpc) is 3.15. The molecule has 0 saturated heterocycles. The number of aromatic nitrogens is 4. The van der Waals surface area contributed by atoms with Crippen LogP contribution in [0.25, 0.3) is 16.5 Å². The van der Waals surface area contributed by atoms with E-state index in [-0.39, 0.29) is 18.1 Å². The van der Waals surface area contributed by atoms with E-state index >= 15 is 0 Å². The maximum absolute atomic E-state index is 12.6. The molecule has 9 heteroatoms. The summed E-state index contributed by atoms with van der Waals surface area (Å²) in [6.07, 6.45) is 3.47. The fourth-order valence-corrected chi connectivity index (χ4v) is 3.48. The van der Waals surface area contributed by atoms with Gasteiger partial charge in [0.25, 0.3) is 5.91 Å². The smallest absolute Gasteiger partial charge is 0.274 e. The predicted octanol–water partition coefficient (Wildman–Crippen LogP) is 3.56. The second kappa shape index (κ2) is 8.65. The van der Waals surface area contributed by atoms with Gasteiger partial charge in [-0.15, -0.1) is 5.10 Å². The van der Waals surface area contributed by atoms with Crippen LogP contribution in [0.4, 0.5) is 5.69 Å². The molecule has 156 valence electrons. The maximum atomic E-state index is 12.6. The first kappa shape index (κ1) is 20.7. The summed E-state index contributed by atoms with van der Waals surface area (Å²) in [5.74, 6) is -0.797. The molecule has 8 nitrogen and oxygen atoms in total. The van der Waals surface area contributed by atoms with Gasteiger partial charge < -0.3 is 10.6 Å². The summed E-state index contributed by atoms with van der Waals surface area (Å²) >= 11 is 3.42. The van der Waals surface area contributed by atoms with Crippen LogP contribution in [0, 0.1) is 13.8 Å². The number of aryl methyl sites for hydroxylation is 1. The van der Waals surface area contributed by atoms with Crippen LogP contribution < -0.4 is 10.6 Å². The number of carbonyl (C=O) groups is 2. The number of halogens is 1. The number of pyridine rings is 1. The van der Waals surface area contributed by atoms with Crippen LogP contribution in [0.1, 0.15) is 21.7 Å². The third-order valence-electron chi connectivity index (χ3n) is 4.85. The van der Waals surface area contributed by atoms with Crippen molar-refractivity contribution in [3.05, 3.63) is 76.3 Å². The normalized spacial score (nSPS) is 10.8. The van der Waals surface area contributed by atoms with Crippen molar-refractivity contribution in [1.29, 1.82) is 0 Å². The Bertz CT molecular complexity index is 1300. The maximum Gasteiger partial charge on any atom is 0.274 e. The van der Waals surface area contributed by atoms with Crippen molar-refractivity contribution in [3.63, 3.8) is 0 Å². The largest absolute Gasteiger partial charge is 0.342 e. The number of rotatable bonds is 5. The molecular weight excluding hydrogens is 460 g/mol. The fraction of sp³-hybridized carbons (Fsp3) is 0.136. The Morgan fingerprint density at radius 2 is 1.97 bits per heavy atom. The number of nitrogens with zero attached hydrogens (tertiary/aromatic N) is 4. The van der Waals surface area contributed by atoms with Crippen molar-refractivity contribution in [2.45, 2.75) is 13.8 Å². The number of nitrogens with one attached hydrogen (secondary N) is 2. The van der Waals surface area contributed by atoms with E-state index in [4.69, 9.17) is 0 Å². The molecule has 2 N–H and O–H groups in total. The Morgan fingerprint density at radius 3 is 2.77 bits per heavy atom. The zero-order valence-electron chi connectivity index (χ0n) is 16.9. The van der Waals surface area contributed by atoms with E-state index in [1.165, 1.54) is 0 Å². The predicted molar refractivity (Wildman–Crippen MR) is 121 cm³/mol. The standard InChI is InChI=1S/C22H19BrN6O2/c1-13-10-16(6-7-18(13)23)26-20(30)12-25-22(31)21-14(2)29(28-27-21)19-5-3-4-15-11-24-9-8-17(15)19/h3-11H,12H2,1-2H3,(H,25,31)(H,26,30). The van der Waals surface area contributed by atoms with E-state index in [0.717, 1.165) is 26.5 Å². The first-order valence-electron chi connectivity index (χ1n) is 9.53. The topological polar surface area (TPSA) is 102 Å². The molecule has 2 aromatic carbocycles. The van der Waals surface area contributed by atoms with Gasteiger partial charge in [0.2, 0.25) is 5.91 Å². The highest BCUT2D eigenvalue weighted by Gasteiger charge is 2.19. The Kier molecular flexibility index (Phi) is 5.77. The van der Waals surface area contributed by atoms with Crippen LogP contribution in [0.5, 0.6) is 0 Å². The molecule has 0 aliphatic rings. The summed E-state index contributed by atoms with van der Waals surface area (Å²) in [6, 6.07) is 13.1. The molecule has 0 atom stereocenters. The van der Waals surface area contributed by atoms with E-state index < -0.39 is 5.91 Å². The molecule has 2 aromatic heterocycles. The Morgan fingerprint density at radius 1 is 1.13 bits per heavy atom. The summed E-state index contributed by atoms with van der Waals surface area (Å²) in [7, 11) is 0. The van der Waals surface area contributed by atoms with Crippen molar-refractivity contribution in [2.24, 2.45) is 0 Å². The molecule has 0 unspecified atom stereocenters. The molecule has 0 bridgehead atoms. The SMILES string of the molecule is Cc1cc(NC(=O)CNC(=O)c2nnn(-c3cccc4cnccc34)c2C)ccc1Br. The zero-order valence-corrected chi connectivity index (χ0v) is 18.5. The third kappa shape index (κ3) is 4.31. The fourth-order valence-electron chi connectivity index (χ4n) is 3.23. The highest BCUT2D eigenvalue weighted by atomic mass is 79.9. The Hall–Kier alpha value is -3.59. The van der Waals surface area contributed by atoms with Crippen LogP contribution >= 0.6 is 15.9 Å². The van der Waals surface area contributed by atoms with Crippen molar-refractivity contribution < 1.29 is 9.59 Å². The van der Waals surface area contributed by atoms with Gasteiger partial charge in [-0.3, -0.25) is 14.6 Å². The van der Waals surface area contributed by atoms with Crippen LogP contribution in [-0.2, 0) is 4.79 Å². The van der Waals surface area contributed by atoms with Gasteiger partial charge in [-0.05, 0) is 49.7 Å². The summed E-state index contributed by atoms with van der Waals surface area (Å²) in [4.78, 5) is 29.0. The lowest BCUT2D eigenvalue weighted by Crippen LogP contribution is -2.33. The van der Waals surface area contributed by atoms with Crippen molar-refractivity contribution in [3.8, 4) is 5.69 Å². The molecule has 0 aliphatic heterocycles. The first-order chi connectivity index (χ1) is 14.9. The lowest BCUT2D eigenvalue weighted by Gasteiger charge is -2.09. The van der Waals surface area contributed by atoms with Gasteiger partial charge in [0.05, 0.1) is 17.9 Å². The van der Waals surface area contributed by atoms with Gasteiger partial charge in [0, 0.05) is 33.3 Å². The molecule has 0 saturated carbocycles. The Labute approximate surface area is 186 Å². The monoisotopic (exact) mass is 478 g/mol.